The first-order chi connectivity index (χ1) is 12.0. The highest BCUT2D eigenvalue weighted by molar-refractivity contribution is 5.76. The van der Waals surface area contributed by atoms with Crippen molar-refractivity contribution in [3.8, 4) is 0 Å². The molecule has 0 aliphatic carbocycles. The lowest BCUT2D eigenvalue weighted by Gasteiger charge is -2.33. The van der Waals surface area contributed by atoms with E-state index in [9.17, 15) is 9.18 Å². The fraction of sp³-hybridized carbons (Fsp3) is 0.500. The average Bonchev–Trinajstić information content (AvgIpc) is 2.91. The van der Waals surface area contributed by atoms with E-state index in [4.69, 9.17) is 4.74 Å². The smallest absolute Gasteiger partial charge is 0.223 e. The Bertz CT molecular complexity index is 729. The van der Waals surface area contributed by atoms with Gasteiger partial charge in [0.25, 0.3) is 0 Å². The van der Waals surface area contributed by atoms with Gasteiger partial charge in [-0.3, -0.25) is 4.79 Å². The van der Waals surface area contributed by atoms with Crippen LogP contribution in [-0.4, -0.2) is 51.4 Å². The molecule has 134 valence electrons. The number of benzene rings is 1. The summed E-state index contributed by atoms with van der Waals surface area (Å²) in [6.45, 7) is 6.05. The van der Waals surface area contributed by atoms with Crippen molar-refractivity contribution < 1.29 is 13.9 Å². The molecule has 2 heterocycles. The van der Waals surface area contributed by atoms with Gasteiger partial charge in [0, 0.05) is 19.5 Å². The van der Waals surface area contributed by atoms with E-state index in [-0.39, 0.29) is 17.8 Å². The second-order valence-electron chi connectivity index (χ2n) is 6.35. The zero-order valence-corrected chi connectivity index (χ0v) is 14.6. The number of ether oxygens (including phenoxy) is 1. The first-order valence-electron chi connectivity index (χ1n) is 8.53. The van der Waals surface area contributed by atoms with Crippen LogP contribution in [0.1, 0.15) is 23.6 Å². The monoisotopic (exact) mass is 346 g/mol. The van der Waals surface area contributed by atoms with Crippen molar-refractivity contribution in [1.29, 1.82) is 0 Å². The Balaban J connectivity index is 1.52. The van der Waals surface area contributed by atoms with E-state index in [0.717, 1.165) is 17.2 Å². The van der Waals surface area contributed by atoms with Crippen molar-refractivity contribution in [2.75, 3.05) is 19.7 Å². The van der Waals surface area contributed by atoms with Gasteiger partial charge in [-0.1, -0.05) is 12.1 Å². The van der Waals surface area contributed by atoms with Crippen molar-refractivity contribution >= 4 is 5.91 Å². The molecule has 0 bridgehead atoms. The first kappa shape index (κ1) is 17.5. The molecule has 2 aromatic rings. The molecule has 1 fully saturated rings. The van der Waals surface area contributed by atoms with Crippen LogP contribution in [0.3, 0.4) is 0 Å². The summed E-state index contributed by atoms with van der Waals surface area (Å²) in [6, 6.07) is 6.29. The molecule has 1 amide bonds. The van der Waals surface area contributed by atoms with Gasteiger partial charge in [0.2, 0.25) is 5.91 Å². The highest BCUT2D eigenvalue weighted by Crippen LogP contribution is 2.12. The Morgan fingerprint density at radius 1 is 1.32 bits per heavy atom. The highest BCUT2D eigenvalue weighted by atomic mass is 19.1. The van der Waals surface area contributed by atoms with Crippen molar-refractivity contribution in [1.82, 2.24) is 19.7 Å². The number of aryl methyl sites for hydroxylation is 3. The third-order valence-electron chi connectivity index (χ3n) is 4.37. The van der Waals surface area contributed by atoms with Gasteiger partial charge >= 0.3 is 0 Å². The minimum absolute atomic E-state index is 0.0803. The van der Waals surface area contributed by atoms with Gasteiger partial charge in [0.1, 0.15) is 17.5 Å². The molecule has 0 spiro atoms. The lowest BCUT2D eigenvalue weighted by Crippen LogP contribution is -2.47. The van der Waals surface area contributed by atoms with Gasteiger partial charge in [-0.15, -0.1) is 0 Å². The third kappa shape index (κ3) is 4.63. The van der Waals surface area contributed by atoms with E-state index >= 15 is 0 Å². The number of amides is 1. The van der Waals surface area contributed by atoms with Gasteiger partial charge in [0.05, 0.1) is 19.3 Å². The molecule has 0 saturated carbocycles. The molecule has 1 atom stereocenters. The molecule has 0 unspecified atom stereocenters. The molecular weight excluding hydrogens is 323 g/mol. The van der Waals surface area contributed by atoms with Crippen LogP contribution in [0.4, 0.5) is 4.39 Å². The van der Waals surface area contributed by atoms with Crippen molar-refractivity contribution in [3.05, 3.63) is 47.3 Å². The summed E-state index contributed by atoms with van der Waals surface area (Å²) in [4.78, 5) is 18.6. The highest BCUT2D eigenvalue weighted by Gasteiger charge is 2.25. The number of carbonyl (C=O) groups excluding carboxylic acids is 1. The van der Waals surface area contributed by atoms with Crippen LogP contribution in [0.5, 0.6) is 0 Å². The second-order valence-corrected chi connectivity index (χ2v) is 6.35. The van der Waals surface area contributed by atoms with E-state index < -0.39 is 0 Å². The molecule has 1 aliphatic heterocycles. The summed E-state index contributed by atoms with van der Waals surface area (Å²) in [5, 5.41) is 4.35. The maximum absolute atomic E-state index is 12.9. The number of morpholine rings is 1. The van der Waals surface area contributed by atoms with Crippen molar-refractivity contribution in [2.24, 2.45) is 0 Å². The molecule has 7 heteroatoms. The standard InChI is InChI=1S/C18H23FN4O2/c1-13-20-14(2)23(21-13)12-17-11-22(9-10-25-17)18(24)8-5-15-3-6-16(19)7-4-15/h3-4,6-7,17H,5,8-12H2,1-2H3/t17-/m0/s1. The second kappa shape index (κ2) is 7.74. The number of nitrogens with zero attached hydrogens (tertiary/aromatic N) is 4. The molecule has 6 nitrogen and oxygen atoms in total. The lowest BCUT2D eigenvalue weighted by atomic mass is 10.1. The molecule has 0 N–H and O–H groups in total. The summed E-state index contributed by atoms with van der Waals surface area (Å²) >= 11 is 0. The fourth-order valence-electron chi connectivity index (χ4n) is 3.04. The van der Waals surface area contributed by atoms with E-state index in [1.807, 2.05) is 23.4 Å². The maximum atomic E-state index is 12.9. The van der Waals surface area contributed by atoms with Crippen LogP contribution < -0.4 is 0 Å². The Morgan fingerprint density at radius 3 is 2.76 bits per heavy atom. The summed E-state index contributed by atoms with van der Waals surface area (Å²) in [5.74, 6) is 1.43. The SMILES string of the molecule is Cc1nc(C)n(C[C@@H]2CN(C(=O)CCc3ccc(F)cc3)CCO2)n1. The molecular formula is C18H23FN4O2. The van der Waals surface area contributed by atoms with Gasteiger partial charge in [-0.25, -0.2) is 14.1 Å². The summed E-state index contributed by atoms with van der Waals surface area (Å²) in [7, 11) is 0. The summed E-state index contributed by atoms with van der Waals surface area (Å²) < 4.78 is 20.5. The molecule has 1 aromatic carbocycles. The topological polar surface area (TPSA) is 60.2 Å². The molecule has 1 aromatic heterocycles. The van der Waals surface area contributed by atoms with E-state index in [0.29, 0.717) is 39.1 Å². The zero-order chi connectivity index (χ0) is 17.8. The molecule has 3 rings (SSSR count). The van der Waals surface area contributed by atoms with Crippen LogP contribution in [-0.2, 0) is 22.5 Å². The van der Waals surface area contributed by atoms with Crippen LogP contribution in [0.15, 0.2) is 24.3 Å². The molecule has 0 radical (unpaired) electrons. The predicted molar refractivity (Wildman–Crippen MR) is 90.5 cm³/mol. The number of halogens is 1. The minimum Gasteiger partial charge on any atom is -0.373 e. The maximum Gasteiger partial charge on any atom is 0.223 e. The number of rotatable bonds is 5. The Kier molecular flexibility index (Phi) is 5.43. The fourth-order valence-corrected chi connectivity index (χ4v) is 3.04. The van der Waals surface area contributed by atoms with Gasteiger partial charge in [-0.05, 0) is 38.0 Å². The van der Waals surface area contributed by atoms with E-state index in [2.05, 4.69) is 10.1 Å². The van der Waals surface area contributed by atoms with Crippen LogP contribution in [0, 0.1) is 19.7 Å². The number of carbonyl (C=O) groups is 1. The zero-order valence-electron chi connectivity index (χ0n) is 14.6. The van der Waals surface area contributed by atoms with E-state index in [1.54, 1.807) is 12.1 Å². The number of hydrogen-bond donors (Lipinski definition) is 0. The lowest BCUT2D eigenvalue weighted by molar-refractivity contribution is -0.139. The quantitative estimate of drug-likeness (QED) is 0.830. The third-order valence-corrected chi connectivity index (χ3v) is 4.37. The van der Waals surface area contributed by atoms with Crippen LogP contribution in [0.2, 0.25) is 0 Å². The summed E-state index contributed by atoms with van der Waals surface area (Å²) in [5.41, 5.74) is 0.966. The van der Waals surface area contributed by atoms with Crippen molar-refractivity contribution in [3.63, 3.8) is 0 Å². The largest absolute Gasteiger partial charge is 0.373 e. The summed E-state index contributed by atoms with van der Waals surface area (Å²) in [6.07, 6.45) is 0.950. The first-order valence-corrected chi connectivity index (χ1v) is 8.53. The van der Waals surface area contributed by atoms with Gasteiger partial charge < -0.3 is 9.64 Å². The average molecular weight is 346 g/mol. The Labute approximate surface area is 146 Å². The van der Waals surface area contributed by atoms with Crippen LogP contribution in [0.25, 0.3) is 0 Å². The molecule has 25 heavy (non-hydrogen) atoms. The van der Waals surface area contributed by atoms with Gasteiger partial charge in [-0.2, -0.15) is 5.10 Å². The van der Waals surface area contributed by atoms with Gasteiger partial charge in [0.15, 0.2) is 0 Å². The predicted octanol–water partition coefficient (Wildman–Crippen LogP) is 1.89. The number of hydrogen-bond acceptors (Lipinski definition) is 4. The van der Waals surface area contributed by atoms with Crippen molar-refractivity contribution in [2.45, 2.75) is 39.3 Å². The van der Waals surface area contributed by atoms with E-state index in [1.165, 1.54) is 12.1 Å². The molecule has 1 saturated heterocycles. The number of aromatic nitrogens is 3. The normalized spacial score (nSPS) is 17.7. The van der Waals surface area contributed by atoms with Crippen LogP contribution >= 0.6 is 0 Å². The minimum atomic E-state index is -0.260. The Hall–Kier alpha value is -2.28. The molecule has 1 aliphatic rings. The Morgan fingerprint density at radius 2 is 2.08 bits per heavy atom.